The third-order valence-corrected chi connectivity index (χ3v) is 5.08. The average molecular weight is 310 g/mol. The van der Waals surface area contributed by atoms with Gasteiger partial charge in [0.1, 0.15) is 4.75 Å². The van der Waals surface area contributed by atoms with Gasteiger partial charge in [-0.1, -0.05) is 11.6 Å². The minimum atomic E-state index is -0.336. The summed E-state index contributed by atoms with van der Waals surface area (Å²) in [5.41, 5.74) is 0.724. The van der Waals surface area contributed by atoms with Crippen molar-refractivity contribution < 1.29 is 4.79 Å². The molecule has 1 aliphatic heterocycles. The van der Waals surface area contributed by atoms with Crippen LogP contribution in [-0.2, 0) is 0 Å². The number of nitriles is 1. The first kappa shape index (κ1) is 15.0. The Morgan fingerprint density at radius 3 is 2.50 bits per heavy atom. The van der Waals surface area contributed by atoms with Gasteiger partial charge < -0.3 is 10.2 Å². The van der Waals surface area contributed by atoms with Gasteiger partial charge >= 0.3 is 6.03 Å². The highest BCUT2D eigenvalue weighted by atomic mass is 35.5. The van der Waals surface area contributed by atoms with Gasteiger partial charge in [0.15, 0.2) is 0 Å². The van der Waals surface area contributed by atoms with E-state index in [0.717, 1.165) is 5.69 Å². The third kappa shape index (κ3) is 3.38. The molecule has 0 bridgehead atoms. The normalized spacial score (nSPS) is 17.4. The zero-order chi connectivity index (χ0) is 14.6. The van der Waals surface area contributed by atoms with Crippen LogP contribution >= 0.6 is 23.4 Å². The lowest BCUT2D eigenvalue weighted by atomic mass is 9.97. The molecule has 0 radical (unpaired) electrons. The number of thioether (sulfide) groups is 1. The Bertz CT molecular complexity index is 518. The van der Waals surface area contributed by atoms with Crippen molar-refractivity contribution >= 4 is 35.1 Å². The number of carbonyl (C=O) groups excluding carboxylic acids is 1. The lowest BCUT2D eigenvalue weighted by Gasteiger charge is -2.36. The molecule has 1 aromatic carbocycles. The van der Waals surface area contributed by atoms with Crippen molar-refractivity contribution in [1.29, 1.82) is 5.26 Å². The molecule has 0 spiro atoms. The lowest BCUT2D eigenvalue weighted by Crippen LogP contribution is -2.46. The molecular weight excluding hydrogens is 294 g/mol. The summed E-state index contributed by atoms with van der Waals surface area (Å²) in [6.45, 7) is 1.21. The van der Waals surface area contributed by atoms with Gasteiger partial charge in [-0.05, 0) is 43.4 Å². The van der Waals surface area contributed by atoms with Crippen LogP contribution in [0.3, 0.4) is 0 Å². The Labute approximate surface area is 128 Å². The van der Waals surface area contributed by atoms with Crippen LogP contribution < -0.4 is 5.32 Å². The summed E-state index contributed by atoms with van der Waals surface area (Å²) in [6, 6.07) is 9.26. The molecule has 6 heteroatoms. The molecule has 1 fully saturated rings. The molecule has 106 valence electrons. The van der Waals surface area contributed by atoms with E-state index in [1.807, 2.05) is 6.26 Å². The minimum absolute atomic E-state index is 0.125. The van der Waals surface area contributed by atoms with E-state index in [2.05, 4.69) is 11.4 Å². The first-order valence-corrected chi connectivity index (χ1v) is 7.97. The number of benzene rings is 1. The van der Waals surface area contributed by atoms with E-state index in [1.165, 1.54) is 0 Å². The van der Waals surface area contributed by atoms with Gasteiger partial charge in [0.2, 0.25) is 0 Å². The van der Waals surface area contributed by atoms with Crippen LogP contribution in [0, 0.1) is 11.3 Å². The predicted molar refractivity (Wildman–Crippen MR) is 83.1 cm³/mol. The summed E-state index contributed by atoms with van der Waals surface area (Å²) in [5, 5.41) is 12.7. The van der Waals surface area contributed by atoms with Crippen molar-refractivity contribution in [3.8, 4) is 6.07 Å². The third-order valence-electron chi connectivity index (χ3n) is 3.55. The number of urea groups is 1. The maximum atomic E-state index is 12.1. The fourth-order valence-electron chi connectivity index (χ4n) is 2.17. The number of anilines is 1. The van der Waals surface area contributed by atoms with Crippen LogP contribution in [0.5, 0.6) is 0 Å². The fourth-order valence-corrected chi connectivity index (χ4v) is 2.98. The standard InChI is InChI=1S/C14H16ClN3OS/c1-20-14(10-16)6-8-18(9-7-14)13(19)17-12-4-2-11(15)3-5-12/h2-5H,6-9H2,1H3,(H,17,19). The van der Waals surface area contributed by atoms with E-state index in [1.54, 1.807) is 40.9 Å². The fraction of sp³-hybridized carbons (Fsp3) is 0.429. The first-order chi connectivity index (χ1) is 9.58. The topological polar surface area (TPSA) is 56.1 Å². The van der Waals surface area contributed by atoms with Gasteiger partial charge in [-0.3, -0.25) is 0 Å². The number of amides is 2. The maximum Gasteiger partial charge on any atom is 0.321 e. The summed E-state index contributed by atoms with van der Waals surface area (Å²) in [6.07, 6.45) is 3.37. The second-order valence-corrected chi connectivity index (χ2v) is 6.36. The number of hydrogen-bond donors (Lipinski definition) is 1. The van der Waals surface area contributed by atoms with Gasteiger partial charge in [-0.25, -0.2) is 4.79 Å². The molecule has 4 nitrogen and oxygen atoms in total. The van der Waals surface area contributed by atoms with Crippen LogP contribution in [0.4, 0.5) is 10.5 Å². The number of likely N-dealkylation sites (tertiary alicyclic amines) is 1. The van der Waals surface area contributed by atoms with Crippen molar-refractivity contribution in [1.82, 2.24) is 4.90 Å². The van der Waals surface area contributed by atoms with Gasteiger partial charge in [0.25, 0.3) is 0 Å². The number of piperidine rings is 1. The number of nitrogens with zero attached hydrogens (tertiary/aromatic N) is 2. The number of hydrogen-bond acceptors (Lipinski definition) is 3. The van der Waals surface area contributed by atoms with Crippen LogP contribution in [-0.4, -0.2) is 35.0 Å². The Kier molecular flexibility index (Phi) is 4.79. The molecule has 0 aliphatic carbocycles. The molecular formula is C14H16ClN3OS. The van der Waals surface area contributed by atoms with E-state index in [4.69, 9.17) is 11.6 Å². The SMILES string of the molecule is CSC1(C#N)CCN(C(=O)Nc2ccc(Cl)cc2)CC1. The van der Waals surface area contributed by atoms with E-state index < -0.39 is 0 Å². The number of rotatable bonds is 2. The van der Waals surface area contributed by atoms with E-state index in [9.17, 15) is 10.1 Å². The smallest absolute Gasteiger partial charge is 0.321 e. The van der Waals surface area contributed by atoms with E-state index in [0.29, 0.717) is 31.0 Å². The zero-order valence-electron chi connectivity index (χ0n) is 11.2. The molecule has 0 unspecified atom stereocenters. The second kappa shape index (κ2) is 6.38. The van der Waals surface area contributed by atoms with Crippen LogP contribution in [0.25, 0.3) is 0 Å². The largest absolute Gasteiger partial charge is 0.324 e. The number of nitrogens with one attached hydrogen (secondary N) is 1. The number of halogens is 1. The molecule has 1 aliphatic rings. The molecule has 1 saturated heterocycles. The quantitative estimate of drug-likeness (QED) is 0.908. The van der Waals surface area contributed by atoms with Crippen molar-refractivity contribution in [2.45, 2.75) is 17.6 Å². The van der Waals surface area contributed by atoms with Gasteiger partial charge in [0, 0.05) is 23.8 Å². The van der Waals surface area contributed by atoms with E-state index in [-0.39, 0.29) is 10.8 Å². The van der Waals surface area contributed by atoms with Crippen molar-refractivity contribution in [2.24, 2.45) is 0 Å². The number of carbonyl (C=O) groups is 1. The van der Waals surface area contributed by atoms with Crippen LogP contribution in [0.15, 0.2) is 24.3 Å². The molecule has 1 heterocycles. The molecule has 20 heavy (non-hydrogen) atoms. The Morgan fingerprint density at radius 1 is 1.40 bits per heavy atom. The Hall–Kier alpha value is -1.38. The highest BCUT2D eigenvalue weighted by Crippen LogP contribution is 2.33. The predicted octanol–water partition coefficient (Wildman–Crippen LogP) is 3.59. The zero-order valence-corrected chi connectivity index (χ0v) is 12.8. The summed E-state index contributed by atoms with van der Waals surface area (Å²) >= 11 is 7.38. The molecule has 0 saturated carbocycles. The highest BCUT2D eigenvalue weighted by Gasteiger charge is 2.35. The molecule has 2 amide bonds. The van der Waals surface area contributed by atoms with Crippen LogP contribution in [0.1, 0.15) is 12.8 Å². The molecule has 0 atom stereocenters. The summed E-state index contributed by atoms with van der Waals surface area (Å²) in [5.74, 6) is 0. The Balaban J connectivity index is 1.92. The molecule has 1 aromatic rings. The second-order valence-electron chi connectivity index (χ2n) is 4.73. The van der Waals surface area contributed by atoms with Crippen molar-refractivity contribution in [3.63, 3.8) is 0 Å². The minimum Gasteiger partial charge on any atom is -0.324 e. The highest BCUT2D eigenvalue weighted by molar-refractivity contribution is 8.00. The Morgan fingerprint density at radius 2 is 2.00 bits per heavy atom. The van der Waals surface area contributed by atoms with Crippen molar-refractivity contribution in [3.05, 3.63) is 29.3 Å². The maximum absolute atomic E-state index is 12.1. The van der Waals surface area contributed by atoms with Crippen molar-refractivity contribution in [2.75, 3.05) is 24.7 Å². The molecule has 0 aromatic heterocycles. The monoisotopic (exact) mass is 309 g/mol. The van der Waals surface area contributed by atoms with E-state index >= 15 is 0 Å². The average Bonchev–Trinajstić information content (AvgIpc) is 2.49. The summed E-state index contributed by atoms with van der Waals surface area (Å²) in [4.78, 5) is 13.9. The van der Waals surface area contributed by atoms with Gasteiger partial charge in [-0.15, -0.1) is 11.8 Å². The van der Waals surface area contributed by atoms with Crippen LogP contribution in [0.2, 0.25) is 5.02 Å². The summed E-state index contributed by atoms with van der Waals surface area (Å²) < 4.78 is -0.336. The molecule has 2 rings (SSSR count). The first-order valence-electron chi connectivity index (χ1n) is 6.36. The van der Waals surface area contributed by atoms with Gasteiger partial charge in [0.05, 0.1) is 6.07 Å². The van der Waals surface area contributed by atoms with Gasteiger partial charge in [-0.2, -0.15) is 5.26 Å². The lowest BCUT2D eigenvalue weighted by molar-refractivity contribution is 0.196. The summed E-state index contributed by atoms with van der Waals surface area (Å²) in [7, 11) is 0. The molecule has 1 N–H and O–H groups in total.